The first-order chi connectivity index (χ1) is 6.99. The molecule has 0 radical (unpaired) electrons. The highest BCUT2D eigenvalue weighted by Gasteiger charge is 2.10. The predicted molar refractivity (Wildman–Crippen MR) is 56.1 cm³/mol. The molecule has 1 rings (SSSR count). The minimum Gasteiger partial charge on any atom is -0.392 e. The molecule has 0 spiro atoms. The zero-order valence-electron chi connectivity index (χ0n) is 7.98. The average molecular weight is 232 g/mol. The molecule has 2 N–H and O–H groups in total. The predicted octanol–water partition coefficient (Wildman–Crippen LogP) is 1.44. The number of nitro groups is 1. The standard InChI is InChI=1S/C8H10ClN3O3/c1-5(13)4-10-8-3-6(12(14)15)2-7(9)11-8/h2-3,5,13H,4H2,1H3,(H,10,11). The van der Waals surface area contributed by atoms with Gasteiger partial charge in [-0.25, -0.2) is 4.98 Å². The van der Waals surface area contributed by atoms with Crippen LogP contribution in [0.1, 0.15) is 6.92 Å². The molecule has 0 saturated heterocycles. The average Bonchev–Trinajstić information content (AvgIpc) is 2.13. The summed E-state index contributed by atoms with van der Waals surface area (Å²) in [6, 6.07) is 2.42. The van der Waals surface area contributed by atoms with Crippen LogP contribution in [0.2, 0.25) is 5.15 Å². The van der Waals surface area contributed by atoms with E-state index in [2.05, 4.69) is 10.3 Å². The molecule has 1 aromatic heterocycles. The Morgan fingerprint density at radius 2 is 2.40 bits per heavy atom. The van der Waals surface area contributed by atoms with Crippen molar-refractivity contribution >= 4 is 23.1 Å². The molecule has 82 valence electrons. The van der Waals surface area contributed by atoms with Gasteiger partial charge in [0.2, 0.25) is 0 Å². The third-order valence-electron chi connectivity index (χ3n) is 1.57. The third-order valence-corrected chi connectivity index (χ3v) is 1.76. The zero-order valence-corrected chi connectivity index (χ0v) is 8.73. The summed E-state index contributed by atoms with van der Waals surface area (Å²) in [6.45, 7) is 1.84. The van der Waals surface area contributed by atoms with E-state index in [9.17, 15) is 10.1 Å². The van der Waals surface area contributed by atoms with E-state index in [0.29, 0.717) is 0 Å². The molecule has 0 aliphatic heterocycles. The maximum absolute atomic E-state index is 10.5. The molecule has 0 amide bonds. The quantitative estimate of drug-likeness (QED) is 0.465. The first-order valence-corrected chi connectivity index (χ1v) is 4.60. The van der Waals surface area contributed by atoms with Crippen LogP contribution in [0.25, 0.3) is 0 Å². The second-order valence-corrected chi connectivity index (χ2v) is 3.41. The Hall–Kier alpha value is -1.40. The van der Waals surface area contributed by atoms with Gasteiger partial charge in [-0.3, -0.25) is 10.1 Å². The Kier molecular flexibility index (Phi) is 3.81. The highest BCUT2D eigenvalue weighted by Crippen LogP contribution is 2.20. The lowest BCUT2D eigenvalue weighted by Crippen LogP contribution is -2.16. The molecule has 7 heteroatoms. The van der Waals surface area contributed by atoms with Crippen molar-refractivity contribution in [1.82, 2.24) is 4.98 Å². The minimum absolute atomic E-state index is 0.0392. The number of pyridine rings is 1. The molecular weight excluding hydrogens is 222 g/mol. The Bertz CT molecular complexity index is 370. The Balaban J connectivity index is 2.84. The van der Waals surface area contributed by atoms with Crippen molar-refractivity contribution in [3.8, 4) is 0 Å². The van der Waals surface area contributed by atoms with Crippen LogP contribution in [0.5, 0.6) is 0 Å². The van der Waals surface area contributed by atoms with Gasteiger partial charge in [-0.15, -0.1) is 0 Å². The first kappa shape index (κ1) is 11.7. The van der Waals surface area contributed by atoms with Crippen molar-refractivity contribution in [3.05, 3.63) is 27.4 Å². The fourth-order valence-electron chi connectivity index (χ4n) is 0.932. The van der Waals surface area contributed by atoms with E-state index in [0.717, 1.165) is 6.07 Å². The summed E-state index contributed by atoms with van der Waals surface area (Å²) >= 11 is 5.59. The number of aliphatic hydroxyl groups excluding tert-OH is 1. The van der Waals surface area contributed by atoms with Gasteiger partial charge in [0.05, 0.1) is 23.2 Å². The Morgan fingerprint density at radius 3 is 2.93 bits per heavy atom. The maximum Gasteiger partial charge on any atom is 0.276 e. The number of halogens is 1. The summed E-state index contributed by atoms with van der Waals surface area (Å²) in [5, 5.41) is 22.3. The molecule has 0 aliphatic rings. The summed E-state index contributed by atoms with van der Waals surface area (Å²) in [7, 11) is 0. The molecule has 15 heavy (non-hydrogen) atoms. The van der Waals surface area contributed by atoms with Crippen LogP contribution in [0.15, 0.2) is 12.1 Å². The topological polar surface area (TPSA) is 88.3 Å². The molecular formula is C8H10ClN3O3. The van der Waals surface area contributed by atoms with Gasteiger partial charge in [0.25, 0.3) is 5.69 Å². The monoisotopic (exact) mass is 231 g/mol. The number of nitrogens with one attached hydrogen (secondary N) is 1. The van der Waals surface area contributed by atoms with E-state index in [1.54, 1.807) is 6.92 Å². The maximum atomic E-state index is 10.5. The fraction of sp³-hybridized carbons (Fsp3) is 0.375. The molecule has 6 nitrogen and oxygen atoms in total. The molecule has 0 saturated carbocycles. The van der Waals surface area contributed by atoms with Crippen LogP contribution >= 0.6 is 11.6 Å². The first-order valence-electron chi connectivity index (χ1n) is 4.23. The summed E-state index contributed by atoms with van der Waals surface area (Å²) < 4.78 is 0. The van der Waals surface area contributed by atoms with Crippen molar-refractivity contribution in [2.75, 3.05) is 11.9 Å². The lowest BCUT2D eigenvalue weighted by Gasteiger charge is -2.07. The highest BCUT2D eigenvalue weighted by atomic mass is 35.5. The van der Waals surface area contributed by atoms with Crippen LogP contribution < -0.4 is 5.32 Å². The summed E-state index contributed by atoms with van der Waals surface area (Å²) in [6.07, 6.45) is -0.565. The van der Waals surface area contributed by atoms with E-state index < -0.39 is 11.0 Å². The lowest BCUT2D eigenvalue weighted by atomic mass is 10.3. The Labute approximate surface area is 91.0 Å². The van der Waals surface area contributed by atoms with Gasteiger partial charge in [-0.2, -0.15) is 0 Å². The summed E-state index contributed by atoms with van der Waals surface area (Å²) in [5.41, 5.74) is -0.136. The third kappa shape index (κ3) is 3.69. The molecule has 0 fully saturated rings. The molecule has 1 aromatic rings. The van der Waals surface area contributed by atoms with E-state index >= 15 is 0 Å². The number of anilines is 1. The lowest BCUT2D eigenvalue weighted by molar-refractivity contribution is -0.384. The number of nitrogens with zero attached hydrogens (tertiary/aromatic N) is 2. The van der Waals surface area contributed by atoms with Crippen LogP contribution in [0.3, 0.4) is 0 Å². The van der Waals surface area contributed by atoms with Gasteiger partial charge in [0.15, 0.2) is 0 Å². The molecule has 1 unspecified atom stereocenters. The van der Waals surface area contributed by atoms with Crippen molar-refractivity contribution in [2.24, 2.45) is 0 Å². The van der Waals surface area contributed by atoms with Crippen LogP contribution in [0.4, 0.5) is 11.5 Å². The largest absolute Gasteiger partial charge is 0.392 e. The smallest absolute Gasteiger partial charge is 0.276 e. The van der Waals surface area contributed by atoms with Crippen LogP contribution in [0, 0.1) is 10.1 Å². The number of aliphatic hydroxyl groups is 1. The number of aromatic nitrogens is 1. The van der Waals surface area contributed by atoms with E-state index in [-0.39, 0.29) is 23.2 Å². The van der Waals surface area contributed by atoms with Crippen molar-refractivity contribution in [3.63, 3.8) is 0 Å². The number of hydrogen-bond donors (Lipinski definition) is 2. The summed E-state index contributed by atoms with van der Waals surface area (Å²) in [4.78, 5) is 13.8. The second-order valence-electron chi connectivity index (χ2n) is 3.02. The van der Waals surface area contributed by atoms with Crippen LogP contribution in [-0.4, -0.2) is 27.7 Å². The van der Waals surface area contributed by atoms with Gasteiger partial charge >= 0.3 is 0 Å². The second kappa shape index (κ2) is 4.90. The SMILES string of the molecule is CC(O)CNc1cc([N+](=O)[O-])cc(Cl)n1. The zero-order chi connectivity index (χ0) is 11.4. The van der Waals surface area contributed by atoms with Crippen LogP contribution in [-0.2, 0) is 0 Å². The van der Waals surface area contributed by atoms with Gasteiger partial charge in [-0.1, -0.05) is 11.6 Å². The number of rotatable bonds is 4. The molecule has 0 aliphatic carbocycles. The fourth-order valence-corrected chi connectivity index (χ4v) is 1.13. The van der Waals surface area contributed by atoms with Crippen molar-refractivity contribution < 1.29 is 10.0 Å². The molecule has 1 heterocycles. The molecule has 0 bridgehead atoms. The van der Waals surface area contributed by atoms with Crippen molar-refractivity contribution in [2.45, 2.75) is 13.0 Å². The van der Waals surface area contributed by atoms with Gasteiger partial charge in [-0.05, 0) is 6.92 Å². The minimum atomic E-state index is -0.565. The summed E-state index contributed by atoms with van der Waals surface area (Å²) in [5.74, 6) is 0.273. The normalized spacial score (nSPS) is 12.2. The van der Waals surface area contributed by atoms with Crippen molar-refractivity contribution in [1.29, 1.82) is 0 Å². The van der Waals surface area contributed by atoms with Gasteiger partial charge in [0, 0.05) is 6.54 Å². The molecule has 0 aromatic carbocycles. The van der Waals surface area contributed by atoms with E-state index in [1.807, 2.05) is 0 Å². The number of hydrogen-bond acceptors (Lipinski definition) is 5. The Morgan fingerprint density at radius 1 is 1.73 bits per heavy atom. The van der Waals surface area contributed by atoms with E-state index in [4.69, 9.17) is 16.7 Å². The van der Waals surface area contributed by atoms with Gasteiger partial charge < -0.3 is 10.4 Å². The van der Waals surface area contributed by atoms with Gasteiger partial charge in [0.1, 0.15) is 11.0 Å². The highest BCUT2D eigenvalue weighted by molar-refractivity contribution is 6.29. The van der Waals surface area contributed by atoms with E-state index in [1.165, 1.54) is 6.07 Å². The molecule has 1 atom stereocenters.